The van der Waals surface area contributed by atoms with Crippen LogP contribution in [0.15, 0.2) is 10.5 Å². The molecule has 0 amide bonds. The Kier molecular flexibility index (Phi) is 2.61. The van der Waals surface area contributed by atoms with E-state index in [2.05, 4.69) is 33.8 Å². The highest BCUT2D eigenvalue weighted by Gasteiger charge is 2.14. The van der Waals surface area contributed by atoms with E-state index in [4.69, 9.17) is 4.42 Å². The molecule has 0 aliphatic carbocycles. The van der Waals surface area contributed by atoms with Crippen LogP contribution in [0.3, 0.4) is 0 Å². The molecule has 1 aromatic heterocycles. The summed E-state index contributed by atoms with van der Waals surface area (Å²) >= 11 is 0. The molecule has 0 unspecified atom stereocenters. The van der Waals surface area contributed by atoms with Gasteiger partial charge < -0.3 is 4.42 Å². The highest BCUT2D eigenvalue weighted by atomic mass is 16.3. The minimum Gasteiger partial charge on any atom is -0.466 e. The van der Waals surface area contributed by atoms with Gasteiger partial charge in [0.15, 0.2) is 0 Å². The molecule has 0 spiro atoms. The first-order valence-corrected chi connectivity index (χ1v) is 4.62. The van der Waals surface area contributed by atoms with Crippen LogP contribution >= 0.6 is 0 Å². The topological polar surface area (TPSA) is 13.1 Å². The summed E-state index contributed by atoms with van der Waals surface area (Å²) in [6.45, 7) is 10.8. The first kappa shape index (κ1) is 9.37. The van der Waals surface area contributed by atoms with Crippen molar-refractivity contribution >= 4 is 0 Å². The molecule has 0 saturated heterocycles. The standard InChI is InChI=1S/C11H18O/c1-7(2)10-6-9(5)12-11(10)8(3)4/h6-8H,1-5H3. The van der Waals surface area contributed by atoms with Gasteiger partial charge in [-0.05, 0) is 24.5 Å². The van der Waals surface area contributed by atoms with E-state index in [-0.39, 0.29) is 0 Å². The zero-order valence-corrected chi connectivity index (χ0v) is 8.64. The van der Waals surface area contributed by atoms with Gasteiger partial charge in [0.25, 0.3) is 0 Å². The summed E-state index contributed by atoms with van der Waals surface area (Å²) in [5.41, 5.74) is 1.36. The lowest BCUT2D eigenvalue weighted by molar-refractivity contribution is 0.457. The number of furan rings is 1. The summed E-state index contributed by atoms with van der Waals surface area (Å²) in [6.07, 6.45) is 0. The molecule has 1 aromatic rings. The third kappa shape index (κ3) is 1.71. The molecule has 0 radical (unpaired) electrons. The second kappa shape index (κ2) is 3.34. The fraction of sp³-hybridized carbons (Fsp3) is 0.636. The van der Waals surface area contributed by atoms with Gasteiger partial charge in [0.1, 0.15) is 11.5 Å². The molecular weight excluding hydrogens is 148 g/mol. The molecule has 1 rings (SSSR count). The van der Waals surface area contributed by atoms with Crippen LogP contribution in [0.1, 0.15) is 56.6 Å². The van der Waals surface area contributed by atoms with Crippen LogP contribution in [0, 0.1) is 6.92 Å². The molecule has 1 nitrogen and oxygen atoms in total. The van der Waals surface area contributed by atoms with Crippen LogP contribution in [0.25, 0.3) is 0 Å². The maximum Gasteiger partial charge on any atom is 0.110 e. The van der Waals surface area contributed by atoms with Gasteiger partial charge in [-0.25, -0.2) is 0 Å². The van der Waals surface area contributed by atoms with Crippen molar-refractivity contribution in [1.82, 2.24) is 0 Å². The van der Waals surface area contributed by atoms with Crippen molar-refractivity contribution < 1.29 is 4.42 Å². The summed E-state index contributed by atoms with van der Waals surface area (Å²) in [6, 6.07) is 2.15. The number of hydrogen-bond donors (Lipinski definition) is 0. The zero-order chi connectivity index (χ0) is 9.30. The molecule has 0 fully saturated rings. The van der Waals surface area contributed by atoms with Crippen LogP contribution in [0.4, 0.5) is 0 Å². The van der Waals surface area contributed by atoms with E-state index in [0.717, 1.165) is 11.5 Å². The van der Waals surface area contributed by atoms with Crippen molar-refractivity contribution in [2.24, 2.45) is 0 Å². The fourth-order valence-corrected chi connectivity index (χ4v) is 1.45. The highest BCUT2D eigenvalue weighted by molar-refractivity contribution is 5.26. The van der Waals surface area contributed by atoms with E-state index in [9.17, 15) is 0 Å². The third-order valence-electron chi connectivity index (χ3n) is 2.06. The Bertz CT molecular complexity index is 230. The summed E-state index contributed by atoms with van der Waals surface area (Å²) in [7, 11) is 0. The predicted molar refractivity (Wildman–Crippen MR) is 51.6 cm³/mol. The number of hydrogen-bond acceptors (Lipinski definition) is 1. The largest absolute Gasteiger partial charge is 0.466 e. The van der Waals surface area contributed by atoms with Crippen molar-refractivity contribution in [2.45, 2.75) is 46.5 Å². The molecular formula is C11H18O. The fourth-order valence-electron chi connectivity index (χ4n) is 1.45. The summed E-state index contributed by atoms with van der Waals surface area (Å²) in [4.78, 5) is 0. The SMILES string of the molecule is Cc1cc(C(C)C)c(C(C)C)o1. The zero-order valence-electron chi connectivity index (χ0n) is 8.64. The molecule has 0 saturated carbocycles. The van der Waals surface area contributed by atoms with Crippen molar-refractivity contribution in [2.75, 3.05) is 0 Å². The molecule has 12 heavy (non-hydrogen) atoms. The van der Waals surface area contributed by atoms with Crippen LogP contribution in [-0.2, 0) is 0 Å². The average molecular weight is 166 g/mol. The minimum absolute atomic E-state index is 0.496. The number of rotatable bonds is 2. The second-order valence-corrected chi connectivity index (χ2v) is 3.99. The Hall–Kier alpha value is -0.720. The van der Waals surface area contributed by atoms with Crippen molar-refractivity contribution in [3.8, 4) is 0 Å². The Labute approximate surface area is 74.8 Å². The highest BCUT2D eigenvalue weighted by Crippen LogP contribution is 2.28. The lowest BCUT2D eigenvalue weighted by Crippen LogP contribution is -1.93. The van der Waals surface area contributed by atoms with Gasteiger partial charge in [0.05, 0.1) is 0 Å². The maximum absolute atomic E-state index is 5.64. The van der Waals surface area contributed by atoms with Gasteiger partial charge in [-0.2, -0.15) is 0 Å². The monoisotopic (exact) mass is 166 g/mol. The number of aryl methyl sites for hydroxylation is 1. The molecule has 0 aromatic carbocycles. The Morgan fingerprint density at radius 1 is 1.08 bits per heavy atom. The molecule has 1 heteroatoms. The van der Waals surface area contributed by atoms with Crippen LogP contribution < -0.4 is 0 Å². The van der Waals surface area contributed by atoms with E-state index in [1.54, 1.807) is 0 Å². The normalized spacial score (nSPS) is 11.6. The lowest BCUT2D eigenvalue weighted by atomic mass is 9.98. The van der Waals surface area contributed by atoms with Gasteiger partial charge in [0.2, 0.25) is 0 Å². The van der Waals surface area contributed by atoms with Crippen LogP contribution in [-0.4, -0.2) is 0 Å². The van der Waals surface area contributed by atoms with Crippen LogP contribution in [0.2, 0.25) is 0 Å². The average Bonchev–Trinajstić information content (AvgIpc) is 2.31. The first-order chi connectivity index (χ1) is 5.52. The molecule has 68 valence electrons. The summed E-state index contributed by atoms with van der Waals surface area (Å²) < 4.78 is 5.64. The molecule has 0 atom stereocenters. The second-order valence-electron chi connectivity index (χ2n) is 3.99. The molecule has 1 heterocycles. The summed E-state index contributed by atoms with van der Waals surface area (Å²) in [5.74, 6) is 3.25. The van der Waals surface area contributed by atoms with Crippen molar-refractivity contribution in [1.29, 1.82) is 0 Å². The molecule has 0 aliphatic rings. The van der Waals surface area contributed by atoms with Gasteiger partial charge in [-0.3, -0.25) is 0 Å². The first-order valence-electron chi connectivity index (χ1n) is 4.62. The van der Waals surface area contributed by atoms with E-state index >= 15 is 0 Å². The van der Waals surface area contributed by atoms with E-state index in [1.165, 1.54) is 5.56 Å². The van der Waals surface area contributed by atoms with Crippen molar-refractivity contribution in [3.05, 3.63) is 23.2 Å². The Morgan fingerprint density at radius 2 is 1.67 bits per heavy atom. The Morgan fingerprint density at radius 3 is 2.00 bits per heavy atom. The predicted octanol–water partition coefficient (Wildman–Crippen LogP) is 3.83. The van der Waals surface area contributed by atoms with Gasteiger partial charge in [-0.15, -0.1) is 0 Å². The quantitative estimate of drug-likeness (QED) is 0.650. The smallest absolute Gasteiger partial charge is 0.110 e. The van der Waals surface area contributed by atoms with Crippen molar-refractivity contribution in [3.63, 3.8) is 0 Å². The third-order valence-corrected chi connectivity index (χ3v) is 2.06. The van der Waals surface area contributed by atoms with Gasteiger partial charge >= 0.3 is 0 Å². The summed E-state index contributed by atoms with van der Waals surface area (Å²) in [5, 5.41) is 0. The van der Waals surface area contributed by atoms with E-state index < -0.39 is 0 Å². The van der Waals surface area contributed by atoms with E-state index in [0.29, 0.717) is 11.8 Å². The minimum atomic E-state index is 0.496. The van der Waals surface area contributed by atoms with Gasteiger partial charge in [0, 0.05) is 5.92 Å². The van der Waals surface area contributed by atoms with Gasteiger partial charge in [-0.1, -0.05) is 27.7 Å². The lowest BCUT2D eigenvalue weighted by Gasteiger charge is -2.07. The molecule has 0 aliphatic heterocycles. The Balaban J connectivity index is 3.08. The van der Waals surface area contributed by atoms with E-state index in [1.807, 2.05) is 6.92 Å². The maximum atomic E-state index is 5.64. The van der Waals surface area contributed by atoms with Crippen LogP contribution in [0.5, 0.6) is 0 Å². The molecule has 0 bridgehead atoms. The molecule has 0 N–H and O–H groups in total.